The first-order valence-electron chi connectivity index (χ1n) is 6.09. The molecule has 0 bridgehead atoms. The van der Waals surface area contributed by atoms with Gasteiger partial charge < -0.3 is 4.74 Å². The molecule has 0 fully saturated rings. The zero-order chi connectivity index (χ0) is 23.2. The highest BCUT2D eigenvalue weighted by Crippen LogP contribution is 2.58. The minimum atomic E-state index is -7.74. The van der Waals surface area contributed by atoms with Gasteiger partial charge in [0, 0.05) is 12.8 Å². The Labute approximate surface area is 160 Å². The Bertz CT molecular complexity index is 582. The average Bonchev–Trinajstić information content (AvgIpc) is 2.42. The van der Waals surface area contributed by atoms with Gasteiger partial charge in [-0.15, -0.1) is 0 Å². The van der Waals surface area contributed by atoms with Gasteiger partial charge in [-0.3, -0.25) is 0 Å². The Morgan fingerprint density at radius 1 is 0.643 bits per heavy atom. The summed E-state index contributed by atoms with van der Waals surface area (Å²) in [5, 5.41) is 0. The normalized spacial score (nSPS) is 15.6. The minimum absolute atomic E-state index is 2.42. The third-order valence-electron chi connectivity index (χ3n) is 2.79. The van der Waals surface area contributed by atoms with Crippen LogP contribution in [0.1, 0.15) is 12.8 Å². The summed E-state index contributed by atoms with van der Waals surface area (Å²) in [6.45, 7) is 0. The van der Waals surface area contributed by atoms with Crippen LogP contribution in [0.3, 0.4) is 0 Å². The number of ether oxygens (including phenoxy) is 1. The molecule has 168 valence electrons. The molecular formula is C10H4Cl3F13O2. The number of hydrogen-bond donors (Lipinski definition) is 0. The van der Waals surface area contributed by atoms with Crippen molar-refractivity contribution in [3.63, 3.8) is 0 Å². The van der Waals surface area contributed by atoms with E-state index >= 15 is 0 Å². The molecule has 28 heavy (non-hydrogen) atoms. The van der Waals surface area contributed by atoms with Crippen LogP contribution in [0, 0.1) is 0 Å². The molecule has 0 aromatic carbocycles. The topological polar surface area (TPSA) is 26.3 Å². The highest BCUT2D eigenvalue weighted by atomic mass is 35.6. The van der Waals surface area contributed by atoms with Crippen molar-refractivity contribution in [2.45, 2.75) is 52.6 Å². The molecule has 0 aliphatic carbocycles. The van der Waals surface area contributed by atoms with E-state index in [1.807, 2.05) is 0 Å². The predicted octanol–water partition coefficient (Wildman–Crippen LogP) is 6.38. The molecule has 0 radical (unpaired) electrons. The molecule has 0 unspecified atom stereocenters. The Hall–Kier alpha value is -0.570. The number of halogens is 16. The number of esters is 1. The summed E-state index contributed by atoms with van der Waals surface area (Å²) in [5.41, 5.74) is 0. The average molecular weight is 509 g/mol. The van der Waals surface area contributed by atoms with E-state index < -0.39 is 58.6 Å². The SMILES string of the molecule is O=C(OC(F)(F)C(F)(F)C(F)(F)C(F)(F)C(F)(F)CCC(F)(F)F)C(Cl)(Cl)Cl. The van der Waals surface area contributed by atoms with Gasteiger partial charge in [-0.2, -0.15) is 57.1 Å². The summed E-state index contributed by atoms with van der Waals surface area (Å²) in [5.74, 6) is -32.3. The van der Waals surface area contributed by atoms with E-state index in [1.54, 1.807) is 0 Å². The summed E-state index contributed by atoms with van der Waals surface area (Å²) >= 11 is 13.8. The fourth-order valence-corrected chi connectivity index (χ4v) is 1.42. The van der Waals surface area contributed by atoms with E-state index in [2.05, 4.69) is 39.5 Å². The van der Waals surface area contributed by atoms with Crippen molar-refractivity contribution < 1.29 is 66.6 Å². The molecule has 0 atom stereocenters. The standard InChI is InChI=1S/C10H4Cl3F13O2/c11-6(12,13)3(27)28-10(25,26)9(23,24)8(21,22)7(19,20)4(14,15)1-2-5(16,17)18/h1-2H2. The summed E-state index contributed by atoms with van der Waals surface area (Å²) in [6, 6.07) is 0. The highest BCUT2D eigenvalue weighted by molar-refractivity contribution is 6.75. The predicted molar refractivity (Wildman–Crippen MR) is 66.4 cm³/mol. The number of carbonyl (C=O) groups excluding carboxylic acids is 1. The van der Waals surface area contributed by atoms with Gasteiger partial charge in [-0.1, -0.05) is 34.8 Å². The Balaban J connectivity index is 5.99. The molecule has 0 rings (SSSR count). The lowest BCUT2D eigenvalue weighted by Crippen LogP contribution is -2.68. The second-order valence-corrected chi connectivity index (χ2v) is 7.23. The molecule has 0 aromatic heterocycles. The van der Waals surface area contributed by atoms with E-state index in [0.717, 1.165) is 0 Å². The van der Waals surface area contributed by atoms with Gasteiger partial charge in [0.05, 0.1) is 0 Å². The summed E-state index contributed by atoms with van der Waals surface area (Å²) in [4.78, 5) is 10.8. The van der Waals surface area contributed by atoms with E-state index in [0.29, 0.717) is 0 Å². The van der Waals surface area contributed by atoms with Gasteiger partial charge in [-0.05, 0) is 0 Å². The Morgan fingerprint density at radius 3 is 1.36 bits per heavy atom. The van der Waals surface area contributed by atoms with Crippen LogP contribution < -0.4 is 0 Å². The molecule has 0 N–H and O–H groups in total. The van der Waals surface area contributed by atoms with Crippen LogP contribution in [0.5, 0.6) is 0 Å². The lowest BCUT2D eigenvalue weighted by atomic mass is 9.95. The van der Waals surface area contributed by atoms with Crippen LogP contribution in [0.2, 0.25) is 0 Å². The molecule has 0 amide bonds. The first-order chi connectivity index (χ1) is 11.8. The summed E-state index contributed by atoms with van der Waals surface area (Å²) in [6.07, 6.45) is -18.6. The van der Waals surface area contributed by atoms with Crippen molar-refractivity contribution in [2.75, 3.05) is 0 Å². The molecule has 0 aliphatic heterocycles. The van der Waals surface area contributed by atoms with Gasteiger partial charge in [-0.25, -0.2) is 4.79 Å². The van der Waals surface area contributed by atoms with E-state index in [1.165, 1.54) is 0 Å². The second-order valence-electron chi connectivity index (χ2n) is 4.95. The van der Waals surface area contributed by atoms with E-state index in [-0.39, 0.29) is 0 Å². The van der Waals surface area contributed by atoms with Crippen molar-refractivity contribution in [3.8, 4) is 0 Å². The molecule has 0 aromatic rings. The first-order valence-corrected chi connectivity index (χ1v) is 7.23. The largest absolute Gasteiger partial charge is 0.473 e. The van der Waals surface area contributed by atoms with Crippen molar-refractivity contribution in [1.82, 2.24) is 0 Å². The van der Waals surface area contributed by atoms with Crippen LogP contribution >= 0.6 is 34.8 Å². The summed E-state index contributed by atoms with van der Waals surface area (Å²) in [7, 11) is 0. The second kappa shape index (κ2) is 7.60. The van der Waals surface area contributed by atoms with Gasteiger partial charge >= 0.3 is 41.9 Å². The summed E-state index contributed by atoms with van der Waals surface area (Å²) < 4.78 is 167. The van der Waals surface area contributed by atoms with E-state index in [4.69, 9.17) is 0 Å². The van der Waals surface area contributed by atoms with Crippen molar-refractivity contribution in [2.24, 2.45) is 0 Å². The van der Waals surface area contributed by atoms with Crippen LogP contribution in [0.15, 0.2) is 0 Å². The third-order valence-corrected chi connectivity index (χ3v) is 3.25. The molecule has 0 heterocycles. The smallest absolute Gasteiger partial charge is 0.393 e. The van der Waals surface area contributed by atoms with Gasteiger partial charge in [0.15, 0.2) is 0 Å². The zero-order valence-electron chi connectivity index (χ0n) is 12.3. The highest BCUT2D eigenvalue weighted by Gasteiger charge is 2.87. The number of hydrogen-bond acceptors (Lipinski definition) is 2. The van der Waals surface area contributed by atoms with Crippen molar-refractivity contribution in [3.05, 3.63) is 0 Å². The van der Waals surface area contributed by atoms with Crippen molar-refractivity contribution >= 4 is 40.8 Å². The third kappa shape index (κ3) is 5.32. The molecule has 0 aliphatic rings. The van der Waals surface area contributed by atoms with Crippen LogP contribution in [0.4, 0.5) is 57.1 Å². The van der Waals surface area contributed by atoms with Gasteiger partial charge in [0.2, 0.25) is 0 Å². The molecule has 18 heteroatoms. The molecular weight excluding hydrogens is 505 g/mol. The zero-order valence-corrected chi connectivity index (χ0v) is 14.5. The quantitative estimate of drug-likeness (QED) is 0.226. The van der Waals surface area contributed by atoms with Crippen LogP contribution in [-0.4, -0.2) is 45.7 Å². The lowest BCUT2D eigenvalue weighted by Gasteiger charge is -2.38. The monoisotopic (exact) mass is 508 g/mol. The van der Waals surface area contributed by atoms with Gasteiger partial charge in [0.1, 0.15) is 0 Å². The molecule has 0 saturated carbocycles. The fraction of sp³-hybridized carbons (Fsp3) is 0.900. The molecule has 0 spiro atoms. The van der Waals surface area contributed by atoms with Crippen LogP contribution in [-0.2, 0) is 9.53 Å². The van der Waals surface area contributed by atoms with Crippen LogP contribution in [0.25, 0.3) is 0 Å². The number of rotatable bonds is 7. The van der Waals surface area contributed by atoms with Gasteiger partial charge in [0.25, 0.3) is 3.79 Å². The minimum Gasteiger partial charge on any atom is -0.393 e. The Morgan fingerprint density at radius 2 is 1.04 bits per heavy atom. The maximum Gasteiger partial charge on any atom is 0.473 e. The number of alkyl halides is 16. The Kier molecular flexibility index (Phi) is 7.44. The fourth-order valence-electron chi connectivity index (χ4n) is 1.30. The van der Waals surface area contributed by atoms with E-state index in [9.17, 15) is 61.9 Å². The number of carbonyl (C=O) groups is 1. The van der Waals surface area contributed by atoms with Crippen molar-refractivity contribution in [1.29, 1.82) is 0 Å². The maximum absolute atomic E-state index is 13.3. The molecule has 2 nitrogen and oxygen atoms in total. The molecule has 0 saturated heterocycles. The lowest BCUT2D eigenvalue weighted by molar-refractivity contribution is -0.437. The first kappa shape index (κ1) is 27.4. The maximum atomic E-state index is 13.3.